The van der Waals surface area contributed by atoms with Crippen molar-refractivity contribution in [2.75, 3.05) is 14.2 Å². The van der Waals surface area contributed by atoms with Crippen molar-refractivity contribution < 1.29 is 4.74 Å². The molecular formula is C13H25NO. The minimum Gasteiger partial charge on any atom is -0.377 e. The molecule has 2 nitrogen and oxygen atoms in total. The molecule has 2 heteroatoms. The first-order valence-electron chi connectivity index (χ1n) is 6.02. The summed E-state index contributed by atoms with van der Waals surface area (Å²) in [5.74, 6) is 0.856. The Morgan fingerprint density at radius 2 is 2.13 bits per heavy atom. The fourth-order valence-electron chi connectivity index (χ4n) is 2.71. The summed E-state index contributed by atoms with van der Waals surface area (Å²) in [4.78, 5) is 0. The number of methoxy groups -OCH3 is 1. The highest BCUT2D eigenvalue weighted by Gasteiger charge is 2.40. The van der Waals surface area contributed by atoms with Gasteiger partial charge in [0.2, 0.25) is 0 Å². The van der Waals surface area contributed by atoms with E-state index in [1.165, 1.54) is 25.7 Å². The highest BCUT2D eigenvalue weighted by molar-refractivity contribution is 4.98. The van der Waals surface area contributed by atoms with Crippen LogP contribution in [0, 0.1) is 5.92 Å². The Morgan fingerprint density at radius 3 is 2.53 bits per heavy atom. The van der Waals surface area contributed by atoms with Gasteiger partial charge in [0, 0.05) is 13.2 Å². The molecule has 0 saturated heterocycles. The van der Waals surface area contributed by atoms with Crippen LogP contribution in [0.15, 0.2) is 12.7 Å². The predicted molar refractivity (Wildman–Crippen MR) is 65.0 cm³/mol. The van der Waals surface area contributed by atoms with Gasteiger partial charge in [-0.15, -0.1) is 6.58 Å². The SMILES string of the molecule is C=CCC(NC)C1(OC)CCC(C)CC1. The Kier molecular flexibility index (Phi) is 4.81. The van der Waals surface area contributed by atoms with E-state index in [1.807, 2.05) is 20.2 Å². The highest BCUT2D eigenvalue weighted by Crippen LogP contribution is 2.37. The lowest BCUT2D eigenvalue weighted by Crippen LogP contribution is -2.52. The summed E-state index contributed by atoms with van der Waals surface area (Å²) >= 11 is 0. The molecule has 0 aromatic rings. The van der Waals surface area contributed by atoms with Crippen molar-refractivity contribution >= 4 is 0 Å². The molecule has 1 rings (SSSR count). The van der Waals surface area contributed by atoms with E-state index in [4.69, 9.17) is 4.74 Å². The van der Waals surface area contributed by atoms with Gasteiger partial charge in [-0.25, -0.2) is 0 Å². The first-order chi connectivity index (χ1) is 7.18. The first kappa shape index (κ1) is 12.7. The van der Waals surface area contributed by atoms with Crippen LogP contribution >= 0.6 is 0 Å². The van der Waals surface area contributed by atoms with E-state index < -0.39 is 0 Å². The lowest BCUT2D eigenvalue weighted by atomic mass is 9.74. The standard InChI is InChI=1S/C13H25NO/c1-5-6-12(14-3)13(15-4)9-7-11(2)8-10-13/h5,11-12,14H,1,6-10H2,2-4H3. The normalized spacial score (nSPS) is 33.7. The van der Waals surface area contributed by atoms with Gasteiger partial charge in [0.1, 0.15) is 0 Å². The van der Waals surface area contributed by atoms with Crippen LogP contribution in [0.25, 0.3) is 0 Å². The molecule has 0 aromatic carbocycles. The molecule has 0 spiro atoms. The second-order valence-corrected chi connectivity index (χ2v) is 4.82. The zero-order chi connectivity index (χ0) is 11.3. The maximum atomic E-state index is 5.82. The minimum atomic E-state index is 0.0372. The topological polar surface area (TPSA) is 21.3 Å². The molecule has 0 radical (unpaired) electrons. The highest BCUT2D eigenvalue weighted by atomic mass is 16.5. The third-order valence-electron chi connectivity index (χ3n) is 3.91. The van der Waals surface area contributed by atoms with Crippen molar-refractivity contribution in [2.24, 2.45) is 5.92 Å². The summed E-state index contributed by atoms with van der Waals surface area (Å²) in [5.41, 5.74) is 0.0372. The monoisotopic (exact) mass is 211 g/mol. The summed E-state index contributed by atoms with van der Waals surface area (Å²) in [6.45, 7) is 6.16. The zero-order valence-electron chi connectivity index (χ0n) is 10.4. The molecular weight excluding hydrogens is 186 g/mol. The Labute approximate surface area is 94.1 Å². The predicted octanol–water partition coefficient (Wildman–Crippen LogP) is 2.75. The van der Waals surface area contributed by atoms with E-state index in [0.29, 0.717) is 6.04 Å². The van der Waals surface area contributed by atoms with E-state index in [1.54, 1.807) is 0 Å². The third-order valence-corrected chi connectivity index (χ3v) is 3.91. The number of rotatable bonds is 5. The number of ether oxygens (including phenoxy) is 1. The van der Waals surface area contributed by atoms with Gasteiger partial charge in [-0.05, 0) is 45.1 Å². The lowest BCUT2D eigenvalue weighted by molar-refractivity contribution is -0.0724. The molecule has 0 aromatic heterocycles. The molecule has 1 aliphatic carbocycles. The van der Waals surface area contributed by atoms with E-state index in [9.17, 15) is 0 Å². The smallest absolute Gasteiger partial charge is 0.0834 e. The summed E-state index contributed by atoms with van der Waals surface area (Å²) in [6, 6.07) is 0.410. The third kappa shape index (κ3) is 2.82. The van der Waals surface area contributed by atoms with E-state index >= 15 is 0 Å². The van der Waals surface area contributed by atoms with Gasteiger partial charge >= 0.3 is 0 Å². The van der Waals surface area contributed by atoms with Crippen molar-refractivity contribution in [3.05, 3.63) is 12.7 Å². The Morgan fingerprint density at radius 1 is 1.53 bits per heavy atom. The van der Waals surface area contributed by atoms with Crippen LogP contribution in [0.2, 0.25) is 0 Å². The fourth-order valence-corrected chi connectivity index (χ4v) is 2.71. The number of likely N-dealkylation sites (N-methyl/N-ethyl adjacent to an activating group) is 1. The molecule has 0 bridgehead atoms. The average Bonchev–Trinajstić information content (AvgIpc) is 2.28. The van der Waals surface area contributed by atoms with Crippen molar-refractivity contribution in [1.29, 1.82) is 0 Å². The van der Waals surface area contributed by atoms with E-state index in [2.05, 4.69) is 18.8 Å². The number of hydrogen-bond acceptors (Lipinski definition) is 2. The second-order valence-electron chi connectivity index (χ2n) is 4.82. The molecule has 88 valence electrons. The van der Waals surface area contributed by atoms with Crippen LogP contribution in [0.5, 0.6) is 0 Å². The zero-order valence-corrected chi connectivity index (χ0v) is 10.4. The summed E-state index contributed by atoms with van der Waals surface area (Å²) in [7, 11) is 3.87. The van der Waals surface area contributed by atoms with Crippen LogP contribution < -0.4 is 5.32 Å². The molecule has 1 atom stereocenters. The quantitative estimate of drug-likeness (QED) is 0.706. The van der Waals surface area contributed by atoms with Crippen molar-refractivity contribution in [3.63, 3.8) is 0 Å². The van der Waals surface area contributed by atoms with Crippen LogP contribution in [-0.4, -0.2) is 25.8 Å². The number of hydrogen-bond donors (Lipinski definition) is 1. The molecule has 0 heterocycles. The van der Waals surface area contributed by atoms with Crippen molar-refractivity contribution in [3.8, 4) is 0 Å². The largest absolute Gasteiger partial charge is 0.377 e. The lowest BCUT2D eigenvalue weighted by Gasteiger charge is -2.43. The fraction of sp³-hybridized carbons (Fsp3) is 0.846. The van der Waals surface area contributed by atoms with Gasteiger partial charge in [-0.2, -0.15) is 0 Å². The summed E-state index contributed by atoms with van der Waals surface area (Å²) < 4.78 is 5.82. The number of nitrogens with one attached hydrogen (secondary N) is 1. The molecule has 1 saturated carbocycles. The van der Waals surface area contributed by atoms with Crippen molar-refractivity contribution in [1.82, 2.24) is 5.32 Å². The molecule has 0 aliphatic heterocycles. The van der Waals surface area contributed by atoms with E-state index in [0.717, 1.165) is 12.3 Å². The van der Waals surface area contributed by atoms with Crippen LogP contribution in [0.1, 0.15) is 39.0 Å². The van der Waals surface area contributed by atoms with Crippen molar-refractivity contribution in [2.45, 2.75) is 50.7 Å². The average molecular weight is 211 g/mol. The van der Waals surface area contributed by atoms with Gasteiger partial charge in [0.25, 0.3) is 0 Å². The minimum absolute atomic E-state index is 0.0372. The Balaban J connectivity index is 2.69. The maximum absolute atomic E-state index is 5.82. The van der Waals surface area contributed by atoms with Gasteiger partial charge in [-0.3, -0.25) is 0 Å². The molecule has 15 heavy (non-hydrogen) atoms. The Hall–Kier alpha value is -0.340. The first-order valence-corrected chi connectivity index (χ1v) is 6.02. The Bertz CT molecular complexity index is 195. The maximum Gasteiger partial charge on any atom is 0.0834 e. The molecule has 1 fully saturated rings. The van der Waals surface area contributed by atoms with Gasteiger partial charge < -0.3 is 10.1 Å². The molecule has 1 aliphatic rings. The van der Waals surface area contributed by atoms with Gasteiger partial charge in [0.05, 0.1) is 5.60 Å². The summed E-state index contributed by atoms with van der Waals surface area (Å²) in [6.07, 6.45) is 7.87. The van der Waals surface area contributed by atoms with E-state index in [-0.39, 0.29) is 5.60 Å². The van der Waals surface area contributed by atoms with Crippen LogP contribution in [-0.2, 0) is 4.74 Å². The summed E-state index contributed by atoms with van der Waals surface area (Å²) in [5, 5.41) is 3.38. The second kappa shape index (κ2) is 5.66. The molecule has 0 amide bonds. The van der Waals surface area contributed by atoms with Crippen LogP contribution in [0.3, 0.4) is 0 Å². The van der Waals surface area contributed by atoms with Gasteiger partial charge in [0.15, 0.2) is 0 Å². The molecule has 1 unspecified atom stereocenters. The molecule has 1 N–H and O–H groups in total. The van der Waals surface area contributed by atoms with Crippen LogP contribution in [0.4, 0.5) is 0 Å². The van der Waals surface area contributed by atoms with Gasteiger partial charge in [-0.1, -0.05) is 13.0 Å².